The molecule has 74 valence electrons. The lowest BCUT2D eigenvalue weighted by atomic mass is 9.78. The maximum Gasteiger partial charge on any atom is 0.144 e. The first-order chi connectivity index (χ1) is 5.92. The predicted molar refractivity (Wildman–Crippen MR) is 55.6 cm³/mol. The van der Waals surface area contributed by atoms with Crippen LogP contribution in [-0.2, 0) is 4.79 Å². The fourth-order valence-electron chi connectivity index (χ4n) is 2.29. The van der Waals surface area contributed by atoms with E-state index in [4.69, 9.17) is 0 Å². The Morgan fingerprint density at radius 3 is 2.38 bits per heavy atom. The lowest BCUT2D eigenvalue weighted by Gasteiger charge is -2.24. The Kier molecular flexibility index (Phi) is 2.65. The van der Waals surface area contributed by atoms with Crippen molar-refractivity contribution < 1.29 is 4.79 Å². The van der Waals surface area contributed by atoms with Crippen molar-refractivity contribution in [3.05, 3.63) is 12.7 Å². The second-order valence-electron chi connectivity index (χ2n) is 5.10. The normalized spacial score (nSPS) is 32.1. The van der Waals surface area contributed by atoms with E-state index in [9.17, 15) is 4.79 Å². The summed E-state index contributed by atoms with van der Waals surface area (Å²) in [5.41, 5.74) is -0.159. The number of hydrogen-bond donors (Lipinski definition) is 0. The van der Waals surface area contributed by atoms with Crippen molar-refractivity contribution in [2.75, 3.05) is 0 Å². The Bertz CT molecular complexity index is 227. The number of rotatable bonds is 3. The molecule has 0 aromatic carbocycles. The average molecular weight is 180 g/mol. The quantitative estimate of drug-likeness (QED) is 0.609. The molecule has 0 aromatic rings. The minimum atomic E-state index is -0.0874. The smallest absolute Gasteiger partial charge is 0.144 e. The van der Waals surface area contributed by atoms with Crippen LogP contribution in [0.4, 0.5) is 0 Å². The van der Waals surface area contributed by atoms with E-state index >= 15 is 0 Å². The van der Waals surface area contributed by atoms with Crippen LogP contribution >= 0.6 is 0 Å². The SMILES string of the molecule is C=CCC[C@@]1(C)CCC(C)(C)C1=O. The Labute approximate surface area is 81.2 Å². The summed E-state index contributed by atoms with van der Waals surface area (Å²) in [4.78, 5) is 12.0. The number of carbonyl (C=O) groups is 1. The molecule has 0 N–H and O–H groups in total. The Balaban J connectivity index is 2.72. The zero-order valence-corrected chi connectivity index (χ0v) is 9.02. The third-order valence-electron chi connectivity index (χ3n) is 3.36. The lowest BCUT2D eigenvalue weighted by Crippen LogP contribution is -2.29. The van der Waals surface area contributed by atoms with Crippen molar-refractivity contribution in [2.24, 2.45) is 10.8 Å². The maximum absolute atomic E-state index is 12.0. The standard InChI is InChI=1S/C12H20O/c1-5-6-7-12(4)9-8-11(2,3)10(12)13/h5H,1,6-9H2,2-4H3/t12-/m0/s1. The van der Waals surface area contributed by atoms with Crippen LogP contribution in [0, 0.1) is 10.8 Å². The van der Waals surface area contributed by atoms with E-state index in [2.05, 4.69) is 27.4 Å². The van der Waals surface area contributed by atoms with Crippen molar-refractivity contribution in [3.63, 3.8) is 0 Å². The molecule has 1 nitrogen and oxygen atoms in total. The monoisotopic (exact) mass is 180 g/mol. The van der Waals surface area contributed by atoms with E-state index in [-0.39, 0.29) is 10.8 Å². The number of carbonyl (C=O) groups excluding carboxylic acids is 1. The maximum atomic E-state index is 12.0. The molecule has 1 saturated carbocycles. The fourth-order valence-corrected chi connectivity index (χ4v) is 2.29. The summed E-state index contributed by atoms with van der Waals surface area (Å²) >= 11 is 0. The van der Waals surface area contributed by atoms with Crippen LogP contribution in [0.15, 0.2) is 12.7 Å². The van der Waals surface area contributed by atoms with Crippen LogP contribution in [0.2, 0.25) is 0 Å². The van der Waals surface area contributed by atoms with E-state index in [0.717, 1.165) is 25.7 Å². The van der Waals surface area contributed by atoms with E-state index in [1.807, 2.05) is 6.08 Å². The minimum absolute atomic E-state index is 0.0717. The molecule has 1 aliphatic carbocycles. The molecule has 1 heteroatoms. The van der Waals surface area contributed by atoms with Crippen LogP contribution in [0.1, 0.15) is 46.5 Å². The van der Waals surface area contributed by atoms with Gasteiger partial charge in [-0.1, -0.05) is 26.8 Å². The molecule has 0 bridgehead atoms. The highest BCUT2D eigenvalue weighted by molar-refractivity contribution is 5.91. The van der Waals surface area contributed by atoms with Gasteiger partial charge in [-0.2, -0.15) is 0 Å². The molecule has 0 spiro atoms. The highest BCUT2D eigenvalue weighted by Gasteiger charge is 2.47. The van der Waals surface area contributed by atoms with Gasteiger partial charge in [-0.25, -0.2) is 0 Å². The second-order valence-corrected chi connectivity index (χ2v) is 5.10. The van der Waals surface area contributed by atoms with Gasteiger partial charge in [0.1, 0.15) is 5.78 Å². The van der Waals surface area contributed by atoms with Crippen molar-refractivity contribution in [1.29, 1.82) is 0 Å². The second kappa shape index (κ2) is 3.28. The zero-order valence-electron chi connectivity index (χ0n) is 9.02. The number of Topliss-reactive ketones (excluding diaryl/α,β-unsaturated/α-hetero) is 1. The Morgan fingerprint density at radius 1 is 1.38 bits per heavy atom. The molecular formula is C12H20O. The topological polar surface area (TPSA) is 17.1 Å². The van der Waals surface area contributed by atoms with Crippen molar-refractivity contribution >= 4 is 5.78 Å². The molecule has 0 aliphatic heterocycles. The molecule has 1 rings (SSSR count). The molecule has 1 fully saturated rings. The van der Waals surface area contributed by atoms with Crippen LogP contribution in [0.25, 0.3) is 0 Å². The molecule has 0 radical (unpaired) electrons. The van der Waals surface area contributed by atoms with Gasteiger partial charge < -0.3 is 0 Å². The van der Waals surface area contributed by atoms with E-state index in [1.54, 1.807) is 0 Å². The molecule has 0 aromatic heterocycles. The highest BCUT2D eigenvalue weighted by atomic mass is 16.1. The molecule has 0 saturated heterocycles. The highest BCUT2D eigenvalue weighted by Crippen LogP contribution is 2.47. The first-order valence-corrected chi connectivity index (χ1v) is 5.08. The summed E-state index contributed by atoms with van der Waals surface area (Å²) in [5.74, 6) is 0.446. The summed E-state index contributed by atoms with van der Waals surface area (Å²) in [6.45, 7) is 9.94. The molecule has 1 aliphatic rings. The lowest BCUT2D eigenvalue weighted by molar-refractivity contribution is -0.132. The van der Waals surface area contributed by atoms with Crippen molar-refractivity contribution in [2.45, 2.75) is 46.5 Å². The van der Waals surface area contributed by atoms with E-state index in [0.29, 0.717) is 5.78 Å². The van der Waals surface area contributed by atoms with Crippen LogP contribution in [-0.4, -0.2) is 5.78 Å². The van der Waals surface area contributed by atoms with E-state index < -0.39 is 0 Å². The molecule has 0 amide bonds. The van der Waals surface area contributed by atoms with Gasteiger partial charge in [0.15, 0.2) is 0 Å². The number of hydrogen-bond acceptors (Lipinski definition) is 1. The van der Waals surface area contributed by atoms with Gasteiger partial charge in [-0.05, 0) is 25.7 Å². The van der Waals surface area contributed by atoms with Gasteiger partial charge in [-0.15, -0.1) is 6.58 Å². The summed E-state index contributed by atoms with van der Waals surface area (Å²) in [6.07, 6.45) is 5.92. The van der Waals surface area contributed by atoms with Gasteiger partial charge in [0.25, 0.3) is 0 Å². The number of ketones is 1. The van der Waals surface area contributed by atoms with Crippen LogP contribution < -0.4 is 0 Å². The summed E-state index contributed by atoms with van der Waals surface area (Å²) in [5, 5.41) is 0. The third-order valence-corrected chi connectivity index (χ3v) is 3.36. The molecule has 0 unspecified atom stereocenters. The largest absolute Gasteiger partial charge is 0.298 e. The predicted octanol–water partition coefficient (Wildman–Crippen LogP) is 3.35. The van der Waals surface area contributed by atoms with Crippen LogP contribution in [0.3, 0.4) is 0 Å². The van der Waals surface area contributed by atoms with Gasteiger partial charge in [-0.3, -0.25) is 4.79 Å². The van der Waals surface area contributed by atoms with Crippen molar-refractivity contribution in [3.8, 4) is 0 Å². The molecule has 0 heterocycles. The summed E-state index contributed by atoms with van der Waals surface area (Å²) < 4.78 is 0. The number of allylic oxidation sites excluding steroid dienone is 1. The van der Waals surface area contributed by atoms with Crippen LogP contribution in [0.5, 0.6) is 0 Å². The molecule has 1 atom stereocenters. The summed E-state index contributed by atoms with van der Waals surface area (Å²) in [7, 11) is 0. The fraction of sp³-hybridized carbons (Fsp3) is 0.750. The molecular weight excluding hydrogens is 160 g/mol. The zero-order chi connectivity index (χ0) is 10.1. The Hall–Kier alpha value is -0.590. The van der Waals surface area contributed by atoms with Gasteiger partial charge in [0.05, 0.1) is 0 Å². The van der Waals surface area contributed by atoms with Gasteiger partial charge in [0.2, 0.25) is 0 Å². The summed E-state index contributed by atoms with van der Waals surface area (Å²) in [6, 6.07) is 0. The Morgan fingerprint density at radius 2 is 2.00 bits per heavy atom. The van der Waals surface area contributed by atoms with Crippen molar-refractivity contribution in [1.82, 2.24) is 0 Å². The first kappa shape index (κ1) is 10.5. The van der Waals surface area contributed by atoms with Gasteiger partial charge in [0, 0.05) is 10.8 Å². The van der Waals surface area contributed by atoms with E-state index in [1.165, 1.54) is 0 Å². The van der Waals surface area contributed by atoms with Gasteiger partial charge >= 0.3 is 0 Å². The average Bonchev–Trinajstić information content (AvgIpc) is 2.28. The minimum Gasteiger partial charge on any atom is -0.298 e. The first-order valence-electron chi connectivity index (χ1n) is 5.08. The molecule has 13 heavy (non-hydrogen) atoms. The third kappa shape index (κ3) is 1.84.